The fourth-order valence-corrected chi connectivity index (χ4v) is 4.60. The van der Waals surface area contributed by atoms with Crippen molar-refractivity contribution in [1.82, 2.24) is 20.0 Å². The Balaban J connectivity index is 1.47. The first-order valence-electron chi connectivity index (χ1n) is 10.4. The van der Waals surface area contributed by atoms with Crippen molar-refractivity contribution in [3.63, 3.8) is 0 Å². The van der Waals surface area contributed by atoms with Gasteiger partial charge in [-0.25, -0.2) is 4.98 Å². The van der Waals surface area contributed by atoms with E-state index >= 15 is 0 Å². The van der Waals surface area contributed by atoms with E-state index in [4.69, 9.17) is 4.52 Å². The fourth-order valence-electron chi connectivity index (χ4n) is 4.60. The molecule has 154 valence electrons. The largest absolute Gasteiger partial charge is 0.359 e. The second-order valence-corrected chi connectivity index (χ2v) is 8.23. The Bertz CT molecular complexity index is 1070. The smallest absolute Gasteiger partial charge is 0.220 e. The quantitative estimate of drug-likeness (QED) is 0.650. The summed E-state index contributed by atoms with van der Waals surface area (Å²) in [5.74, 6) is 2.08. The number of hydrogen-bond donors (Lipinski definition) is 0. The lowest BCUT2D eigenvalue weighted by atomic mass is 9.87. The molecule has 0 saturated carbocycles. The van der Waals surface area contributed by atoms with Gasteiger partial charge in [-0.1, -0.05) is 28.9 Å². The summed E-state index contributed by atoms with van der Waals surface area (Å²) in [4.78, 5) is 24.9. The molecule has 1 fully saturated rings. The highest BCUT2D eigenvalue weighted by atomic mass is 16.5. The third kappa shape index (κ3) is 3.34. The minimum Gasteiger partial charge on any atom is -0.359 e. The molecule has 0 unspecified atom stereocenters. The average molecular weight is 403 g/mol. The number of rotatable bonds is 2. The summed E-state index contributed by atoms with van der Waals surface area (Å²) in [5.41, 5.74) is 5.61. The number of fused-ring (bicyclic) bond motifs is 3. The first-order valence-corrected chi connectivity index (χ1v) is 10.4. The molecule has 0 N–H and O–H groups in total. The number of nitrogens with zero attached hydrogens (tertiary/aromatic N) is 5. The van der Waals surface area contributed by atoms with Crippen molar-refractivity contribution in [3.8, 4) is 11.1 Å². The zero-order valence-electron chi connectivity index (χ0n) is 17.3. The summed E-state index contributed by atoms with van der Waals surface area (Å²) < 4.78 is 5.82. The fraction of sp³-hybridized carbons (Fsp3) is 0.391. The van der Waals surface area contributed by atoms with Crippen LogP contribution in [0.4, 0.5) is 5.82 Å². The van der Waals surface area contributed by atoms with Crippen molar-refractivity contribution >= 4 is 11.7 Å². The second kappa shape index (κ2) is 7.55. The van der Waals surface area contributed by atoms with Crippen LogP contribution in [-0.4, -0.2) is 39.0 Å². The molecule has 7 heteroatoms. The summed E-state index contributed by atoms with van der Waals surface area (Å²) >= 11 is 0. The Morgan fingerprint density at radius 2 is 2.00 bits per heavy atom. The van der Waals surface area contributed by atoms with Crippen molar-refractivity contribution in [1.29, 1.82) is 0 Å². The number of aromatic nitrogens is 3. The van der Waals surface area contributed by atoms with Crippen LogP contribution in [0.25, 0.3) is 11.1 Å². The third-order valence-corrected chi connectivity index (χ3v) is 6.22. The van der Waals surface area contributed by atoms with Crippen molar-refractivity contribution in [2.75, 3.05) is 18.0 Å². The molecule has 3 aromatic rings. The molecule has 2 aromatic heterocycles. The van der Waals surface area contributed by atoms with Gasteiger partial charge in [0, 0.05) is 44.9 Å². The van der Waals surface area contributed by atoms with E-state index in [2.05, 4.69) is 45.1 Å². The van der Waals surface area contributed by atoms with Crippen molar-refractivity contribution in [2.45, 2.75) is 45.7 Å². The van der Waals surface area contributed by atoms with Crippen molar-refractivity contribution in [3.05, 3.63) is 59.4 Å². The number of aryl methyl sites for hydroxylation is 1. The molecule has 7 nitrogen and oxygen atoms in total. The predicted octanol–water partition coefficient (Wildman–Crippen LogP) is 3.69. The summed E-state index contributed by atoms with van der Waals surface area (Å²) in [6.07, 6.45) is 7.21. The van der Waals surface area contributed by atoms with Gasteiger partial charge < -0.3 is 14.3 Å². The van der Waals surface area contributed by atoms with Crippen LogP contribution in [0, 0.1) is 6.92 Å². The minimum atomic E-state index is 0.0468. The summed E-state index contributed by atoms with van der Waals surface area (Å²) in [6.45, 7) is 6.57. The summed E-state index contributed by atoms with van der Waals surface area (Å²) in [5, 5.41) is 4.52. The Hall–Kier alpha value is -3.22. The van der Waals surface area contributed by atoms with E-state index in [9.17, 15) is 4.79 Å². The van der Waals surface area contributed by atoms with Gasteiger partial charge >= 0.3 is 0 Å². The van der Waals surface area contributed by atoms with E-state index in [1.165, 1.54) is 5.56 Å². The maximum Gasteiger partial charge on any atom is 0.220 e. The normalized spacial score (nSPS) is 16.7. The molecule has 4 heterocycles. The average Bonchev–Trinajstić information content (AvgIpc) is 3.10. The molecule has 0 spiro atoms. The SMILES string of the molecule is CC(=O)N1Cc2cc(C)ccc2-c2c(C3CCN(c4cnccn4)CC3)noc2C1. The van der Waals surface area contributed by atoms with Gasteiger partial charge in [0.25, 0.3) is 0 Å². The molecule has 1 aromatic carbocycles. The molecule has 2 aliphatic heterocycles. The van der Waals surface area contributed by atoms with E-state index in [0.717, 1.165) is 59.9 Å². The predicted molar refractivity (Wildman–Crippen MR) is 113 cm³/mol. The lowest BCUT2D eigenvalue weighted by Gasteiger charge is -2.32. The molecule has 30 heavy (non-hydrogen) atoms. The van der Waals surface area contributed by atoms with Crippen molar-refractivity contribution < 1.29 is 9.32 Å². The van der Waals surface area contributed by atoms with E-state index in [1.54, 1.807) is 19.3 Å². The highest BCUT2D eigenvalue weighted by molar-refractivity contribution is 5.78. The Labute approximate surface area is 175 Å². The molecule has 0 atom stereocenters. The van der Waals surface area contributed by atoms with Crippen LogP contribution >= 0.6 is 0 Å². The molecular weight excluding hydrogens is 378 g/mol. The van der Waals surface area contributed by atoms with Gasteiger partial charge in [0.1, 0.15) is 5.82 Å². The van der Waals surface area contributed by atoms with Crippen LogP contribution in [0.1, 0.15) is 48.3 Å². The van der Waals surface area contributed by atoms with E-state index in [1.807, 2.05) is 11.1 Å². The van der Waals surface area contributed by atoms with Crippen LogP contribution in [0.3, 0.4) is 0 Å². The first-order chi connectivity index (χ1) is 14.6. The van der Waals surface area contributed by atoms with Gasteiger partial charge in [0.2, 0.25) is 5.91 Å². The summed E-state index contributed by atoms with van der Waals surface area (Å²) in [7, 11) is 0. The monoisotopic (exact) mass is 403 g/mol. The van der Waals surface area contributed by atoms with Crippen LogP contribution in [0.2, 0.25) is 0 Å². The number of piperidine rings is 1. The van der Waals surface area contributed by atoms with Gasteiger partial charge in [-0.3, -0.25) is 9.78 Å². The zero-order chi connectivity index (χ0) is 20.7. The number of carbonyl (C=O) groups is 1. The van der Waals surface area contributed by atoms with E-state index < -0.39 is 0 Å². The number of benzene rings is 1. The Kier molecular flexibility index (Phi) is 4.73. The van der Waals surface area contributed by atoms with Gasteiger partial charge in [-0.2, -0.15) is 0 Å². The minimum absolute atomic E-state index is 0.0468. The van der Waals surface area contributed by atoms with Crippen LogP contribution in [0.5, 0.6) is 0 Å². The lowest BCUT2D eigenvalue weighted by Crippen LogP contribution is -2.33. The topological polar surface area (TPSA) is 75.4 Å². The molecular formula is C23H25N5O2. The Morgan fingerprint density at radius 3 is 2.73 bits per heavy atom. The second-order valence-electron chi connectivity index (χ2n) is 8.23. The molecule has 1 amide bonds. The molecule has 0 radical (unpaired) electrons. The van der Waals surface area contributed by atoms with Crippen LogP contribution in [0.15, 0.2) is 41.3 Å². The van der Waals surface area contributed by atoms with E-state index in [0.29, 0.717) is 19.0 Å². The number of amides is 1. The molecule has 1 saturated heterocycles. The standard InChI is InChI=1S/C23H25N5O2/c1-15-3-4-19-18(11-15)13-28(16(2)29)14-20-22(19)23(26-30-20)17-5-9-27(10-6-17)21-12-24-7-8-25-21/h3-4,7-8,11-12,17H,5-6,9-10,13-14H2,1-2H3. The highest BCUT2D eigenvalue weighted by Gasteiger charge is 2.32. The van der Waals surface area contributed by atoms with Gasteiger partial charge in [-0.15, -0.1) is 0 Å². The number of carbonyl (C=O) groups excluding carboxylic acids is 1. The zero-order valence-corrected chi connectivity index (χ0v) is 17.3. The van der Waals surface area contributed by atoms with Gasteiger partial charge in [0.15, 0.2) is 5.76 Å². The van der Waals surface area contributed by atoms with Gasteiger partial charge in [-0.05, 0) is 30.9 Å². The number of hydrogen-bond acceptors (Lipinski definition) is 6. The highest BCUT2D eigenvalue weighted by Crippen LogP contribution is 2.41. The molecule has 0 bridgehead atoms. The number of anilines is 1. The van der Waals surface area contributed by atoms with E-state index in [-0.39, 0.29) is 5.91 Å². The third-order valence-electron chi connectivity index (χ3n) is 6.22. The van der Waals surface area contributed by atoms with Crippen LogP contribution < -0.4 is 4.90 Å². The Morgan fingerprint density at radius 1 is 1.17 bits per heavy atom. The molecule has 5 rings (SSSR count). The maximum atomic E-state index is 12.2. The van der Waals surface area contributed by atoms with Crippen molar-refractivity contribution in [2.24, 2.45) is 0 Å². The maximum absolute atomic E-state index is 12.2. The molecule has 0 aliphatic carbocycles. The van der Waals surface area contributed by atoms with Gasteiger partial charge in [0.05, 0.1) is 24.0 Å². The summed E-state index contributed by atoms with van der Waals surface area (Å²) in [6, 6.07) is 6.45. The van der Waals surface area contributed by atoms with Crippen LogP contribution in [-0.2, 0) is 17.9 Å². The molecule has 2 aliphatic rings. The lowest BCUT2D eigenvalue weighted by molar-refractivity contribution is -0.130. The first kappa shape index (κ1) is 18.8.